The van der Waals surface area contributed by atoms with Crippen LogP contribution in [0.2, 0.25) is 5.02 Å². The average Bonchev–Trinajstić information content (AvgIpc) is 2.95. The molecule has 5 nitrogen and oxygen atoms in total. The third-order valence-electron chi connectivity index (χ3n) is 3.73. The number of nitrogens with two attached hydrogens (primary N) is 1. The molecule has 0 aliphatic heterocycles. The van der Waals surface area contributed by atoms with Gasteiger partial charge in [-0.05, 0) is 24.6 Å². The van der Waals surface area contributed by atoms with Gasteiger partial charge in [0.05, 0.1) is 21.7 Å². The summed E-state index contributed by atoms with van der Waals surface area (Å²) < 4.78 is 28.4. The lowest BCUT2D eigenvalue weighted by Gasteiger charge is -2.07. The summed E-state index contributed by atoms with van der Waals surface area (Å²) >= 11 is 6.00. The van der Waals surface area contributed by atoms with E-state index in [1.807, 2.05) is 0 Å². The second-order valence-electron chi connectivity index (χ2n) is 5.13. The molecule has 2 heterocycles. The van der Waals surface area contributed by atoms with Gasteiger partial charge in [0.1, 0.15) is 17.3 Å². The maximum atomic E-state index is 14.4. The largest absolute Gasteiger partial charge is 0.366 e. The molecule has 0 saturated carbocycles. The number of nitrogens with zero attached hydrogens (tertiary/aromatic N) is 1. The molecule has 0 spiro atoms. The molecule has 122 valence electrons. The van der Waals surface area contributed by atoms with Crippen LogP contribution in [0.25, 0.3) is 11.0 Å². The van der Waals surface area contributed by atoms with Gasteiger partial charge in [0.25, 0.3) is 5.91 Å². The first-order valence-electron chi connectivity index (χ1n) is 6.77. The van der Waals surface area contributed by atoms with Crippen molar-refractivity contribution in [2.45, 2.75) is 6.92 Å². The Kier molecular flexibility index (Phi) is 3.81. The Morgan fingerprint density at radius 3 is 2.62 bits per heavy atom. The number of amides is 1. The molecule has 24 heavy (non-hydrogen) atoms. The smallest absolute Gasteiger partial charge is 0.251 e. The summed E-state index contributed by atoms with van der Waals surface area (Å²) in [5.41, 5.74) is 4.51. The molecule has 2 aromatic heterocycles. The normalized spacial score (nSPS) is 11.0. The van der Waals surface area contributed by atoms with Gasteiger partial charge in [-0.2, -0.15) is 0 Å². The number of hydrogen-bond donors (Lipinski definition) is 2. The van der Waals surface area contributed by atoms with Crippen molar-refractivity contribution in [1.82, 2.24) is 9.97 Å². The van der Waals surface area contributed by atoms with Gasteiger partial charge in [-0.1, -0.05) is 11.6 Å². The molecule has 3 N–H and O–H groups in total. The minimum atomic E-state index is -1.30. The molecule has 3 aromatic rings. The summed E-state index contributed by atoms with van der Waals surface area (Å²) in [5.74, 6) is -4.42. The maximum absolute atomic E-state index is 14.4. The number of aromatic nitrogens is 2. The summed E-state index contributed by atoms with van der Waals surface area (Å²) in [6.45, 7) is 1.66. The van der Waals surface area contributed by atoms with Gasteiger partial charge in [0, 0.05) is 17.8 Å². The van der Waals surface area contributed by atoms with Gasteiger partial charge in [0.15, 0.2) is 0 Å². The Labute approximate surface area is 139 Å². The lowest BCUT2D eigenvalue weighted by Crippen LogP contribution is -2.17. The van der Waals surface area contributed by atoms with Crippen LogP contribution in [0, 0.1) is 18.6 Å². The Hall–Kier alpha value is -2.80. The van der Waals surface area contributed by atoms with E-state index in [2.05, 4.69) is 9.97 Å². The van der Waals surface area contributed by atoms with Crippen LogP contribution in [-0.4, -0.2) is 21.7 Å². The van der Waals surface area contributed by atoms with Crippen molar-refractivity contribution in [3.8, 4) is 0 Å². The molecule has 8 heteroatoms. The van der Waals surface area contributed by atoms with Crippen molar-refractivity contribution in [3.05, 3.63) is 63.4 Å². The van der Waals surface area contributed by atoms with Crippen molar-refractivity contribution in [1.29, 1.82) is 0 Å². The van der Waals surface area contributed by atoms with Gasteiger partial charge >= 0.3 is 0 Å². The Bertz CT molecular complexity index is 1010. The SMILES string of the molecule is Cc1c(Cl)cnc2[nH]cc(C(=O)c3c(F)ccc(C(N)=O)c3F)c12. The number of rotatable bonds is 3. The number of pyridine rings is 1. The predicted octanol–water partition coefficient (Wildman–Crippen LogP) is 3.13. The number of halogens is 3. The van der Waals surface area contributed by atoms with Crippen LogP contribution in [0.4, 0.5) is 8.78 Å². The van der Waals surface area contributed by atoms with Crippen molar-refractivity contribution in [2.24, 2.45) is 5.73 Å². The van der Waals surface area contributed by atoms with E-state index in [9.17, 15) is 18.4 Å². The molecule has 1 amide bonds. The standard InChI is InChI=1S/C16H10ClF2N3O2/c1-6-9(17)5-22-16-11(6)8(4-21-16)14(23)12-10(18)3-2-7(13(12)19)15(20)24/h2-5H,1H3,(H2,20,24)(H,21,22). The highest BCUT2D eigenvalue weighted by atomic mass is 35.5. The van der Waals surface area contributed by atoms with Crippen LogP contribution >= 0.6 is 11.6 Å². The van der Waals surface area contributed by atoms with Crippen LogP contribution in [0.5, 0.6) is 0 Å². The van der Waals surface area contributed by atoms with Crippen LogP contribution in [0.15, 0.2) is 24.5 Å². The highest BCUT2D eigenvalue weighted by molar-refractivity contribution is 6.32. The highest BCUT2D eigenvalue weighted by Crippen LogP contribution is 2.29. The molecular weight excluding hydrogens is 340 g/mol. The van der Waals surface area contributed by atoms with Crippen molar-refractivity contribution in [2.75, 3.05) is 0 Å². The van der Waals surface area contributed by atoms with Gasteiger partial charge in [-0.25, -0.2) is 13.8 Å². The lowest BCUT2D eigenvalue weighted by atomic mass is 9.98. The number of carbonyl (C=O) groups is 2. The summed E-state index contributed by atoms with van der Waals surface area (Å²) in [4.78, 5) is 30.7. The van der Waals surface area contributed by atoms with E-state index in [-0.39, 0.29) is 5.56 Å². The Morgan fingerprint density at radius 1 is 1.25 bits per heavy atom. The van der Waals surface area contributed by atoms with Crippen molar-refractivity contribution < 1.29 is 18.4 Å². The molecule has 1 aromatic carbocycles. The molecule has 0 radical (unpaired) electrons. The zero-order chi connectivity index (χ0) is 17.6. The fourth-order valence-electron chi connectivity index (χ4n) is 2.50. The summed E-state index contributed by atoms with van der Waals surface area (Å²) in [6, 6.07) is 1.71. The minimum absolute atomic E-state index is 0.00285. The first-order valence-corrected chi connectivity index (χ1v) is 7.15. The molecule has 0 atom stereocenters. The molecule has 0 saturated heterocycles. The summed E-state index contributed by atoms with van der Waals surface area (Å²) in [6.07, 6.45) is 2.69. The number of fused-ring (bicyclic) bond motifs is 1. The first-order chi connectivity index (χ1) is 11.3. The summed E-state index contributed by atoms with van der Waals surface area (Å²) in [5, 5.41) is 0.666. The molecule has 0 unspecified atom stereocenters. The van der Waals surface area contributed by atoms with Gasteiger partial charge < -0.3 is 10.7 Å². The Balaban J connectivity index is 2.27. The quantitative estimate of drug-likeness (QED) is 0.712. The van der Waals surface area contributed by atoms with E-state index in [1.165, 1.54) is 12.4 Å². The van der Waals surface area contributed by atoms with E-state index in [0.717, 1.165) is 12.1 Å². The highest BCUT2D eigenvalue weighted by Gasteiger charge is 2.26. The molecule has 0 fully saturated rings. The number of benzene rings is 1. The number of nitrogens with one attached hydrogen (secondary N) is 1. The second-order valence-corrected chi connectivity index (χ2v) is 5.54. The van der Waals surface area contributed by atoms with Crippen molar-refractivity contribution >= 4 is 34.3 Å². The third kappa shape index (κ3) is 2.33. The van der Waals surface area contributed by atoms with Gasteiger partial charge in [-0.3, -0.25) is 9.59 Å². The predicted molar refractivity (Wildman–Crippen MR) is 84.1 cm³/mol. The van der Waals surface area contributed by atoms with E-state index in [4.69, 9.17) is 17.3 Å². The third-order valence-corrected chi connectivity index (χ3v) is 4.11. The number of primary amides is 1. The topological polar surface area (TPSA) is 88.8 Å². The molecule has 3 rings (SSSR count). The minimum Gasteiger partial charge on any atom is -0.366 e. The van der Waals surface area contributed by atoms with Crippen LogP contribution in [-0.2, 0) is 0 Å². The fraction of sp³-hybridized carbons (Fsp3) is 0.0625. The van der Waals surface area contributed by atoms with Crippen molar-refractivity contribution in [3.63, 3.8) is 0 Å². The number of H-pyrrole nitrogens is 1. The molecular formula is C16H10ClF2N3O2. The number of carbonyl (C=O) groups excluding carboxylic acids is 2. The zero-order valence-corrected chi connectivity index (χ0v) is 13.0. The second kappa shape index (κ2) is 5.68. The van der Waals surface area contributed by atoms with Crippen LogP contribution in [0.3, 0.4) is 0 Å². The average molecular weight is 350 g/mol. The summed E-state index contributed by atoms with van der Waals surface area (Å²) in [7, 11) is 0. The number of aromatic amines is 1. The molecule has 0 aliphatic rings. The van der Waals surface area contributed by atoms with Crippen LogP contribution in [0.1, 0.15) is 31.8 Å². The zero-order valence-electron chi connectivity index (χ0n) is 12.3. The van der Waals surface area contributed by atoms with E-state index >= 15 is 0 Å². The number of aryl methyl sites for hydroxylation is 1. The van der Waals surface area contributed by atoms with Gasteiger partial charge in [0.2, 0.25) is 5.78 Å². The van der Waals surface area contributed by atoms with E-state index < -0.39 is 34.5 Å². The monoisotopic (exact) mass is 349 g/mol. The lowest BCUT2D eigenvalue weighted by molar-refractivity contribution is 0.0996. The number of ketones is 1. The van der Waals surface area contributed by atoms with E-state index in [0.29, 0.717) is 21.6 Å². The van der Waals surface area contributed by atoms with Gasteiger partial charge in [-0.15, -0.1) is 0 Å². The van der Waals surface area contributed by atoms with Crippen LogP contribution < -0.4 is 5.73 Å². The van der Waals surface area contributed by atoms with E-state index in [1.54, 1.807) is 6.92 Å². The Morgan fingerprint density at radius 2 is 1.96 bits per heavy atom. The number of hydrogen-bond acceptors (Lipinski definition) is 3. The first kappa shape index (κ1) is 16.1. The molecule has 0 bridgehead atoms. The fourth-order valence-corrected chi connectivity index (χ4v) is 2.64. The maximum Gasteiger partial charge on any atom is 0.251 e. The molecule has 0 aliphatic carbocycles.